The van der Waals surface area contributed by atoms with E-state index in [0.29, 0.717) is 19.0 Å². The van der Waals surface area contributed by atoms with Crippen molar-refractivity contribution in [2.75, 3.05) is 20.8 Å². The fourth-order valence-electron chi connectivity index (χ4n) is 2.27. The molecule has 6 nitrogen and oxygen atoms in total. The summed E-state index contributed by atoms with van der Waals surface area (Å²) in [5.41, 5.74) is 9.08. The first-order valence-electron chi connectivity index (χ1n) is 7.79. The van der Waals surface area contributed by atoms with Crippen LogP contribution in [0.5, 0.6) is 11.5 Å². The first-order chi connectivity index (χ1) is 11.6. The van der Waals surface area contributed by atoms with Gasteiger partial charge < -0.3 is 20.5 Å². The Hall–Kier alpha value is -2.03. The van der Waals surface area contributed by atoms with Gasteiger partial charge in [-0.05, 0) is 42.7 Å². The summed E-state index contributed by atoms with van der Waals surface area (Å²) in [6, 6.07) is 9.79. The van der Waals surface area contributed by atoms with Crippen LogP contribution in [-0.4, -0.2) is 31.7 Å². The predicted molar refractivity (Wildman–Crippen MR) is 111 cm³/mol. The number of nitrogens with two attached hydrogens (primary N) is 1. The SMILES string of the molecule is COc1ccc(CCNC(N)=NCc2ncccc2C)cc1OC.I. The topological polar surface area (TPSA) is 81.8 Å². The van der Waals surface area contributed by atoms with Crippen molar-refractivity contribution in [3.63, 3.8) is 0 Å². The van der Waals surface area contributed by atoms with Crippen molar-refractivity contribution in [1.82, 2.24) is 10.3 Å². The molecule has 136 valence electrons. The van der Waals surface area contributed by atoms with Crippen molar-refractivity contribution in [2.45, 2.75) is 19.9 Å². The summed E-state index contributed by atoms with van der Waals surface area (Å²) in [5, 5.41) is 3.11. The lowest BCUT2D eigenvalue weighted by molar-refractivity contribution is 0.354. The molecule has 1 aromatic carbocycles. The number of aliphatic imine (C=N–C) groups is 1. The third-order valence-electron chi connectivity index (χ3n) is 3.68. The fourth-order valence-corrected chi connectivity index (χ4v) is 2.27. The number of methoxy groups -OCH3 is 2. The van der Waals surface area contributed by atoms with Gasteiger partial charge in [-0.3, -0.25) is 4.98 Å². The van der Waals surface area contributed by atoms with Gasteiger partial charge in [0.1, 0.15) is 0 Å². The lowest BCUT2D eigenvalue weighted by atomic mass is 10.1. The number of pyridine rings is 1. The molecule has 0 radical (unpaired) electrons. The van der Waals surface area contributed by atoms with Gasteiger partial charge >= 0.3 is 0 Å². The quantitative estimate of drug-likeness (QED) is 0.381. The number of aryl methyl sites for hydroxylation is 1. The average Bonchev–Trinajstić information content (AvgIpc) is 2.61. The summed E-state index contributed by atoms with van der Waals surface area (Å²) < 4.78 is 10.5. The first kappa shape index (κ1) is 21.0. The molecule has 0 unspecified atom stereocenters. The van der Waals surface area contributed by atoms with Crippen molar-refractivity contribution in [2.24, 2.45) is 10.7 Å². The Morgan fingerprint density at radius 1 is 1.20 bits per heavy atom. The van der Waals surface area contributed by atoms with E-state index in [2.05, 4.69) is 15.3 Å². The molecule has 0 aliphatic carbocycles. The first-order valence-corrected chi connectivity index (χ1v) is 7.79. The Morgan fingerprint density at radius 3 is 2.64 bits per heavy atom. The standard InChI is InChI=1S/C18H24N4O2.HI/c1-13-5-4-9-20-15(13)12-22-18(19)21-10-8-14-6-7-16(23-2)17(11-14)24-3;/h4-7,9,11H,8,10,12H2,1-3H3,(H3,19,21,22);1H. The Morgan fingerprint density at radius 2 is 1.96 bits per heavy atom. The highest BCUT2D eigenvalue weighted by molar-refractivity contribution is 14.0. The maximum atomic E-state index is 5.90. The minimum absolute atomic E-state index is 0. The normalized spacial score (nSPS) is 10.8. The molecule has 0 saturated heterocycles. The number of nitrogens with one attached hydrogen (secondary N) is 1. The van der Waals surface area contributed by atoms with Crippen LogP contribution < -0.4 is 20.5 Å². The van der Waals surface area contributed by atoms with Gasteiger partial charge in [-0.25, -0.2) is 4.99 Å². The molecule has 0 aliphatic rings. The molecule has 0 atom stereocenters. The molecule has 0 fully saturated rings. The van der Waals surface area contributed by atoms with Gasteiger partial charge in [0.2, 0.25) is 0 Å². The van der Waals surface area contributed by atoms with Crippen LogP contribution in [0.4, 0.5) is 0 Å². The molecule has 7 heteroatoms. The fraction of sp³-hybridized carbons (Fsp3) is 0.333. The van der Waals surface area contributed by atoms with Crippen molar-refractivity contribution in [1.29, 1.82) is 0 Å². The molecular formula is C18H25IN4O2. The van der Waals surface area contributed by atoms with Gasteiger partial charge in [0.15, 0.2) is 17.5 Å². The summed E-state index contributed by atoms with van der Waals surface area (Å²) in [6.45, 7) is 3.17. The zero-order valence-corrected chi connectivity index (χ0v) is 17.1. The van der Waals surface area contributed by atoms with Crippen LogP contribution in [0.25, 0.3) is 0 Å². The van der Waals surface area contributed by atoms with E-state index >= 15 is 0 Å². The van der Waals surface area contributed by atoms with Gasteiger partial charge in [-0.2, -0.15) is 0 Å². The maximum absolute atomic E-state index is 5.90. The zero-order valence-electron chi connectivity index (χ0n) is 14.8. The van der Waals surface area contributed by atoms with Crippen LogP contribution in [0.15, 0.2) is 41.5 Å². The van der Waals surface area contributed by atoms with Crippen LogP contribution in [0.1, 0.15) is 16.8 Å². The third-order valence-corrected chi connectivity index (χ3v) is 3.68. The highest BCUT2D eigenvalue weighted by atomic mass is 127. The predicted octanol–water partition coefficient (Wildman–Crippen LogP) is 2.67. The maximum Gasteiger partial charge on any atom is 0.188 e. The number of halogens is 1. The number of aromatic nitrogens is 1. The summed E-state index contributed by atoms with van der Waals surface area (Å²) >= 11 is 0. The number of ether oxygens (including phenoxy) is 2. The molecule has 2 aromatic rings. The van der Waals surface area contributed by atoms with Crippen LogP contribution in [0, 0.1) is 6.92 Å². The Bertz CT molecular complexity index is 707. The van der Waals surface area contributed by atoms with E-state index in [1.165, 1.54) is 0 Å². The van der Waals surface area contributed by atoms with E-state index in [0.717, 1.165) is 34.7 Å². The molecule has 0 amide bonds. The highest BCUT2D eigenvalue weighted by Crippen LogP contribution is 2.27. The molecular weight excluding hydrogens is 431 g/mol. The zero-order chi connectivity index (χ0) is 17.4. The third kappa shape index (κ3) is 6.41. The van der Waals surface area contributed by atoms with E-state index in [-0.39, 0.29) is 24.0 Å². The number of guanidine groups is 1. The van der Waals surface area contributed by atoms with E-state index in [4.69, 9.17) is 15.2 Å². The van der Waals surface area contributed by atoms with Crippen LogP contribution in [-0.2, 0) is 13.0 Å². The van der Waals surface area contributed by atoms with Gasteiger partial charge in [0.25, 0.3) is 0 Å². The number of hydrogen-bond acceptors (Lipinski definition) is 4. The summed E-state index contributed by atoms with van der Waals surface area (Å²) in [5.74, 6) is 1.86. The molecule has 2 rings (SSSR count). The van der Waals surface area contributed by atoms with Crippen molar-refractivity contribution in [3.05, 3.63) is 53.3 Å². The van der Waals surface area contributed by atoms with Crippen molar-refractivity contribution in [3.8, 4) is 11.5 Å². The number of rotatable bonds is 7. The lowest BCUT2D eigenvalue weighted by Gasteiger charge is -2.10. The van der Waals surface area contributed by atoms with Crippen LogP contribution in [0.2, 0.25) is 0 Å². The molecule has 3 N–H and O–H groups in total. The second-order valence-electron chi connectivity index (χ2n) is 5.33. The minimum atomic E-state index is 0. The molecule has 0 aliphatic heterocycles. The highest BCUT2D eigenvalue weighted by Gasteiger charge is 2.04. The Balaban J connectivity index is 0.00000312. The van der Waals surface area contributed by atoms with E-state index < -0.39 is 0 Å². The largest absolute Gasteiger partial charge is 0.493 e. The molecule has 1 heterocycles. The second-order valence-corrected chi connectivity index (χ2v) is 5.33. The summed E-state index contributed by atoms with van der Waals surface area (Å²) in [7, 11) is 3.25. The van der Waals surface area contributed by atoms with Gasteiger partial charge in [-0.1, -0.05) is 12.1 Å². The number of hydrogen-bond donors (Lipinski definition) is 2. The summed E-state index contributed by atoms with van der Waals surface area (Å²) in [4.78, 5) is 8.62. The van der Waals surface area contributed by atoms with Crippen LogP contribution >= 0.6 is 24.0 Å². The van der Waals surface area contributed by atoms with E-state index in [9.17, 15) is 0 Å². The molecule has 1 aromatic heterocycles. The van der Waals surface area contributed by atoms with Gasteiger partial charge in [0.05, 0.1) is 26.5 Å². The molecule has 25 heavy (non-hydrogen) atoms. The minimum Gasteiger partial charge on any atom is -0.493 e. The molecule has 0 bridgehead atoms. The average molecular weight is 456 g/mol. The molecule has 0 saturated carbocycles. The van der Waals surface area contributed by atoms with Gasteiger partial charge in [0, 0.05) is 12.7 Å². The number of nitrogens with zero attached hydrogens (tertiary/aromatic N) is 2. The van der Waals surface area contributed by atoms with E-state index in [1.807, 2.05) is 37.3 Å². The van der Waals surface area contributed by atoms with Crippen LogP contribution in [0.3, 0.4) is 0 Å². The second kappa shape index (κ2) is 10.8. The summed E-state index contributed by atoms with van der Waals surface area (Å²) in [6.07, 6.45) is 2.57. The lowest BCUT2D eigenvalue weighted by Crippen LogP contribution is -2.33. The van der Waals surface area contributed by atoms with E-state index in [1.54, 1.807) is 20.4 Å². The van der Waals surface area contributed by atoms with Gasteiger partial charge in [-0.15, -0.1) is 24.0 Å². The Labute approximate surface area is 165 Å². The number of benzene rings is 1. The van der Waals surface area contributed by atoms with Crippen molar-refractivity contribution >= 4 is 29.9 Å². The van der Waals surface area contributed by atoms with Crippen molar-refractivity contribution < 1.29 is 9.47 Å². The smallest absolute Gasteiger partial charge is 0.188 e. The monoisotopic (exact) mass is 456 g/mol. The molecule has 0 spiro atoms. The Kier molecular flexibility index (Phi) is 9.04.